The molecule has 0 bridgehead atoms. The molecule has 1 aromatic rings. The fourth-order valence-electron chi connectivity index (χ4n) is 2.07. The maximum Gasteiger partial charge on any atom is 0.191 e. The lowest BCUT2D eigenvalue weighted by atomic mass is 9.91. The topological polar surface area (TPSA) is 55.8 Å². The highest BCUT2D eigenvalue weighted by atomic mass is 16.5. The summed E-state index contributed by atoms with van der Waals surface area (Å²) in [5.41, 5.74) is 0.413. The molecule has 1 rings (SSSR count). The molecule has 1 atom stereocenters. The molecule has 0 heterocycles. The third-order valence-electron chi connectivity index (χ3n) is 3.40. The van der Waals surface area contributed by atoms with Crippen molar-refractivity contribution in [3.8, 4) is 11.5 Å². The Morgan fingerprint density at radius 2 is 1.58 bits per heavy atom. The average Bonchev–Trinajstić information content (AvgIpc) is 2.46. The standard InChI is InChI=1S/C15H22O4/c1-5-10(6-2)14(16)15(17)11-7-12(18-3)9-13(8-11)19-4/h7-10,14,16H,5-6H2,1-4H3. The van der Waals surface area contributed by atoms with E-state index in [1.54, 1.807) is 18.2 Å². The zero-order chi connectivity index (χ0) is 14.4. The molecule has 0 aromatic heterocycles. The Morgan fingerprint density at radius 3 is 1.95 bits per heavy atom. The van der Waals surface area contributed by atoms with Crippen LogP contribution >= 0.6 is 0 Å². The van der Waals surface area contributed by atoms with Crippen LogP contribution in [0.15, 0.2) is 18.2 Å². The van der Waals surface area contributed by atoms with Crippen LogP contribution in [-0.2, 0) is 0 Å². The minimum Gasteiger partial charge on any atom is -0.497 e. The molecule has 0 fully saturated rings. The van der Waals surface area contributed by atoms with E-state index in [2.05, 4.69) is 0 Å². The van der Waals surface area contributed by atoms with Gasteiger partial charge in [0.15, 0.2) is 5.78 Å². The minimum absolute atomic E-state index is 0.0234. The third-order valence-corrected chi connectivity index (χ3v) is 3.40. The summed E-state index contributed by atoms with van der Waals surface area (Å²) >= 11 is 0. The molecular formula is C15H22O4. The lowest BCUT2D eigenvalue weighted by Gasteiger charge is -2.19. The summed E-state index contributed by atoms with van der Waals surface area (Å²) in [5.74, 6) is 0.773. The molecule has 0 radical (unpaired) electrons. The Hall–Kier alpha value is -1.55. The Kier molecular flexibility index (Phi) is 5.83. The first kappa shape index (κ1) is 15.5. The summed E-state index contributed by atoms with van der Waals surface area (Å²) in [6.45, 7) is 3.94. The number of aliphatic hydroxyl groups excluding tert-OH is 1. The van der Waals surface area contributed by atoms with Gasteiger partial charge in [0.25, 0.3) is 0 Å². The van der Waals surface area contributed by atoms with Gasteiger partial charge in [-0.15, -0.1) is 0 Å². The van der Waals surface area contributed by atoms with Gasteiger partial charge in [-0.2, -0.15) is 0 Å². The van der Waals surface area contributed by atoms with Crippen LogP contribution in [0.25, 0.3) is 0 Å². The van der Waals surface area contributed by atoms with Crippen LogP contribution in [0.1, 0.15) is 37.0 Å². The number of methoxy groups -OCH3 is 2. The fraction of sp³-hybridized carbons (Fsp3) is 0.533. The second kappa shape index (κ2) is 7.14. The monoisotopic (exact) mass is 266 g/mol. The Bertz CT molecular complexity index is 402. The molecule has 106 valence electrons. The predicted octanol–water partition coefficient (Wildman–Crippen LogP) is 2.68. The summed E-state index contributed by atoms with van der Waals surface area (Å²) in [5, 5.41) is 10.1. The summed E-state index contributed by atoms with van der Waals surface area (Å²) in [4.78, 5) is 12.3. The van der Waals surface area contributed by atoms with Crippen LogP contribution in [0.2, 0.25) is 0 Å². The van der Waals surface area contributed by atoms with Gasteiger partial charge in [0.2, 0.25) is 0 Å². The molecule has 0 saturated carbocycles. The van der Waals surface area contributed by atoms with E-state index in [0.29, 0.717) is 17.1 Å². The first-order valence-electron chi connectivity index (χ1n) is 6.52. The maximum atomic E-state index is 12.3. The third kappa shape index (κ3) is 3.70. The van der Waals surface area contributed by atoms with Crippen molar-refractivity contribution < 1.29 is 19.4 Å². The van der Waals surface area contributed by atoms with E-state index >= 15 is 0 Å². The maximum absolute atomic E-state index is 12.3. The number of benzene rings is 1. The highest BCUT2D eigenvalue weighted by Gasteiger charge is 2.25. The van der Waals surface area contributed by atoms with Crippen molar-refractivity contribution in [2.75, 3.05) is 14.2 Å². The highest BCUT2D eigenvalue weighted by Crippen LogP contribution is 2.25. The molecule has 4 heteroatoms. The SMILES string of the molecule is CCC(CC)C(O)C(=O)c1cc(OC)cc(OC)c1. The van der Waals surface area contributed by atoms with Crippen LogP contribution in [0.5, 0.6) is 11.5 Å². The quantitative estimate of drug-likeness (QED) is 0.771. The average molecular weight is 266 g/mol. The first-order valence-corrected chi connectivity index (χ1v) is 6.52. The number of Topliss-reactive ketones (excluding diaryl/α,β-unsaturated/α-hetero) is 1. The second-order valence-electron chi connectivity index (χ2n) is 4.49. The van der Waals surface area contributed by atoms with E-state index in [1.165, 1.54) is 14.2 Å². The van der Waals surface area contributed by atoms with E-state index in [0.717, 1.165) is 12.8 Å². The Balaban J connectivity index is 3.04. The molecular weight excluding hydrogens is 244 g/mol. The van der Waals surface area contributed by atoms with E-state index in [-0.39, 0.29) is 11.7 Å². The molecule has 19 heavy (non-hydrogen) atoms. The molecule has 0 spiro atoms. The second-order valence-corrected chi connectivity index (χ2v) is 4.49. The van der Waals surface area contributed by atoms with Gasteiger partial charge in [0.1, 0.15) is 17.6 Å². The van der Waals surface area contributed by atoms with Gasteiger partial charge in [0.05, 0.1) is 14.2 Å². The molecule has 0 aliphatic carbocycles. The van der Waals surface area contributed by atoms with Crippen molar-refractivity contribution in [2.45, 2.75) is 32.8 Å². The van der Waals surface area contributed by atoms with Crippen molar-refractivity contribution >= 4 is 5.78 Å². The van der Waals surface area contributed by atoms with E-state index < -0.39 is 6.10 Å². The molecule has 0 saturated heterocycles. The smallest absolute Gasteiger partial charge is 0.191 e. The van der Waals surface area contributed by atoms with Crippen molar-refractivity contribution in [1.29, 1.82) is 0 Å². The van der Waals surface area contributed by atoms with Gasteiger partial charge in [-0.1, -0.05) is 26.7 Å². The summed E-state index contributed by atoms with van der Waals surface area (Å²) in [6.07, 6.45) is 0.557. The zero-order valence-corrected chi connectivity index (χ0v) is 12.0. The van der Waals surface area contributed by atoms with E-state index in [9.17, 15) is 9.90 Å². The van der Waals surface area contributed by atoms with E-state index in [4.69, 9.17) is 9.47 Å². The van der Waals surface area contributed by atoms with Gasteiger partial charge in [0, 0.05) is 11.6 Å². The summed E-state index contributed by atoms with van der Waals surface area (Å²) in [7, 11) is 3.06. The molecule has 0 aliphatic rings. The molecule has 1 unspecified atom stereocenters. The van der Waals surface area contributed by atoms with Crippen molar-refractivity contribution in [2.24, 2.45) is 5.92 Å². The van der Waals surface area contributed by atoms with Crippen LogP contribution in [-0.4, -0.2) is 31.2 Å². The molecule has 4 nitrogen and oxygen atoms in total. The highest BCUT2D eigenvalue weighted by molar-refractivity contribution is 6.00. The molecule has 1 N–H and O–H groups in total. The molecule has 1 aromatic carbocycles. The Morgan fingerprint density at radius 1 is 1.11 bits per heavy atom. The van der Waals surface area contributed by atoms with Gasteiger partial charge >= 0.3 is 0 Å². The number of rotatable bonds is 7. The number of carbonyl (C=O) groups excluding carboxylic acids is 1. The van der Waals surface area contributed by atoms with Crippen LogP contribution < -0.4 is 9.47 Å². The lowest BCUT2D eigenvalue weighted by molar-refractivity contribution is 0.0587. The largest absolute Gasteiger partial charge is 0.497 e. The van der Waals surface area contributed by atoms with Gasteiger partial charge in [-0.25, -0.2) is 0 Å². The van der Waals surface area contributed by atoms with Crippen LogP contribution in [0.4, 0.5) is 0 Å². The number of hydrogen-bond donors (Lipinski definition) is 1. The normalized spacial score (nSPS) is 12.3. The van der Waals surface area contributed by atoms with Crippen LogP contribution in [0.3, 0.4) is 0 Å². The first-order chi connectivity index (χ1) is 9.07. The van der Waals surface area contributed by atoms with Gasteiger partial charge in [-0.05, 0) is 18.1 Å². The summed E-state index contributed by atoms with van der Waals surface area (Å²) < 4.78 is 10.3. The number of ketones is 1. The van der Waals surface area contributed by atoms with Crippen molar-refractivity contribution in [3.05, 3.63) is 23.8 Å². The zero-order valence-electron chi connectivity index (χ0n) is 12.0. The lowest BCUT2D eigenvalue weighted by Crippen LogP contribution is -2.29. The van der Waals surface area contributed by atoms with Crippen LogP contribution in [0, 0.1) is 5.92 Å². The molecule has 0 amide bonds. The van der Waals surface area contributed by atoms with Crippen molar-refractivity contribution in [1.82, 2.24) is 0 Å². The number of carbonyl (C=O) groups is 1. The molecule has 0 aliphatic heterocycles. The van der Waals surface area contributed by atoms with Gasteiger partial charge < -0.3 is 14.6 Å². The Labute approximate surface area is 114 Å². The number of hydrogen-bond acceptors (Lipinski definition) is 4. The van der Waals surface area contributed by atoms with Crippen molar-refractivity contribution in [3.63, 3.8) is 0 Å². The fourth-order valence-corrected chi connectivity index (χ4v) is 2.07. The summed E-state index contributed by atoms with van der Waals surface area (Å²) in [6, 6.07) is 4.94. The number of ether oxygens (including phenoxy) is 2. The predicted molar refractivity (Wildman–Crippen MR) is 74.0 cm³/mol. The van der Waals surface area contributed by atoms with E-state index in [1.807, 2.05) is 13.8 Å². The number of aliphatic hydroxyl groups is 1. The van der Waals surface area contributed by atoms with Gasteiger partial charge in [-0.3, -0.25) is 4.79 Å². The minimum atomic E-state index is -0.980.